The quantitative estimate of drug-likeness (QED) is 0.688. The molecule has 0 spiro atoms. The molecule has 1 aliphatic rings. The van der Waals surface area contributed by atoms with Crippen molar-refractivity contribution >= 4 is 33.5 Å². The van der Waals surface area contributed by atoms with Crippen molar-refractivity contribution in [2.45, 2.75) is 6.04 Å². The van der Waals surface area contributed by atoms with Crippen molar-refractivity contribution in [2.24, 2.45) is 0 Å². The highest BCUT2D eigenvalue weighted by atomic mass is 79.9. The summed E-state index contributed by atoms with van der Waals surface area (Å²) in [5.41, 5.74) is 1.38. The number of fused-ring (bicyclic) bond motifs is 1. The van der Waals surface area contributed by atoms with Crippen LogP contribution in [-0.4, -0.2) is 27.3 Å². The zero-order valence-electron chi connectivity index (χ0n) is 11.7. The number of anilines is 1. The second-order valence-electron chi connectivity index (χ2n) is 5.06. The second-order valence-corrected chi connectivity index (χ2v) is 5.92. The lowest BCUT2D eigenvalue weighted by Crippen LogP contribution is -2.28. The van der Waals surface area contributed by atoms with E-state index in [1.807, 2.05) is 0 Å². The first-order chi connectivity index (χ1) is 11.1. The molecule has 1 saturated heterocycles. The van der Waals surface area contributed by atoms with Crippen LogP contribution >= 0.6 is 15.9 Å². The molecule has 0 radical (unpaired) electrons. The average Bonchev–Trinajstić information content (AvgIpc) is 3.11. The fraction of sp³-hybridized carbons (Fsp3) is 0.133. The first-order valence-corrected chi connectivity index (χ1v) is 7.64. The molecule has 6 nitrogen and oxygen atoms in total. The van der Waals surface area contributed by atoms with Crippen LogP contribution in [0.25, 0.3) is 5.65 Å². The van der Waals surface area contributed by atoms with Crippen LogP contribution in [0, 0.1) is 5.82 Å². The fourth-order valence-electron chi connectivity index (χ4n) is 2.57. The summed E-state index contributed by atoms with van der Waals surface area (Å²) in [6.45, 7) is 0.192. The van der Waals surface area contributed by atoms with Crippen molar-refractivity contribution in [3.05, 3.63) is 58.6 Å². The van der Waals surface area contributed by atoms with Gasteiger partial charge in [0.15, 0.2) is 5.65 Å². The van der Waals surface area contributed by atoms with Crippen LogP contribution in [0.4, 0.5) is 15.0 Å². The summed E-state index contributed by atoms with van der Waals surface area (Å²) in [5.74, 6) is 0.129. The minimum atomic E-state index is -0.480. The zero-order chi connectivity index (χ0) is 16.0. The van der Waals surface area contributed by atoms with Gasteiger partial charge in [-0.05, 0) is 39.7 Å². The summed E-state index contributed by atoms with van der Waals surface area (Å²) in [4.78, 5) is 18.1. The Morgan fingerprint density at radius 1 is 1.26 bits per heavy atom. The number of hydrogen-bond donors (Lipinski definition) is 0. The zero-order valence-corrected chi connectivity index (χ0v) is 13.3. The number of hydrogen-bond acceptors (Lipinski definition) is 4. The Labute approximate surface area is 138 Å². The van der Waals surface area contributed by atoms with Crippen LogP contribution < -0.4 is 4.90 Å². The standard InChI is InChI=1S/C15H10BrFN4O2/c16-11-7-18-20-6-5-13(19-14(11)20)21-12(8-23-15(21)22)9-1-3-10(17)4-2-9/h1-7,12H,8H2. The molecule has 1 fully saturated rings. The molecule has 3 aromatic rings. The minimum Gasteiger partial charge on any atom is -0.447 e. The van der Waals surface area contributed by atoms with Crippen LogP contribution in [0.1, 0.15) is 11.6 Å². The monoisotopic (exact) mass is 376 g/mol. The van der Waals surface area contributed by atoms with Gasteiger partial charge in [0.1, 0.15) is 24.3 Å². The molecular formula is C15H10BrFN4O2. The Hall–Kier alpha value is -2.48. The molecule has 116 valence electrons. The molecule has 23 heavy (non-hydrogen) atoms. The Bertz CT molecular complexity index is 896. The average molecular weight is 377 g/mol. The lowest BCUT2D eigenvalue weighted by atomic mass is 10.1. The lowest BCUT2D eigenvalue weighted by molar-refractivity contribution is 0.179. The molecule has 2 aromatic heterocycles. The van der Waals surface area contributed by atoms with Gasteiger partial charge in [-0.3, -0.25) is 4.90 Å². The van der Waals surface area contributed by atoms with Crippen LogP contribution in [0.3, 0.4) is 0 Å². The van der Waals surface area contributed by atoms with E-state index >= 15 is 0 Å². The number of rotatable bonds is 2. The number of aromatic nitrogens is 3. The van der Waals surface area contributed by atoms with E-state index in [1.165, 1.54) is 17.0 Å². The molecule has 3 heterocycles. The third kappa shape index (κ3) is 2.35. The maximum absolute atomic E-state index is 13.1. The van der Waals surface area contributed by atoms with Gasteiger partial charge in [0.05, 0.1) is 10.7 Å². The molecule has 1 aliphatic heterocycles. The van der Waals surface area contributed by atoms with Crippen molar-refractivity contribution in [1.29, 1.82) is 0 Å². The summed E-state index contributed by atoms with van der Waals surface area (Å²) >= 11 is 3.37. The van der Waals surface area contributed by atoms with Crippen LogP contribution in [-0.2, 0) is 4.74 Å². The predicted molar refractivity (Wildman–Crippen MR) is 83.7 cm³/mol. The van der Waals surface area contributed by atoms with Crippen molar-refractivity contribution in [2.75, 3.05) is 11.5 Å². The number of cyclic esters (lactones) is 1. The molecule has 0 saturated carbocycles. The van der Waals surface area contributed by atoms with Gasteiger partial charge in [-0.25, -0.2) is 18.7 Å². The maximum atomic E-state index is 13.1. The Morgan fingerprint density at radius 2 is 2.04 bits per heavy atom. The van der Waals surface area contributed by atoms with E-state index in [2.05, 4.69) is 26.0 Å². The summed E-state index contributed by atoms with van der Waals surface area (Å²) in [6, 6.07) is 7.35. The highest BCUT2D eigenvalue weighted by Crippen LogP contribution is 2.32. The van der Waals surface area contributed by atoms with Gasteiger partial charge in [0.25, 0.3) is 0 Å². The molecule has 0 bridgehead atoms. The van der Waals surface area contributed by atoms with E-state index in [1.54, 1.807) is 35.1 Å². The number of carbonyl (C=O) groups excluding carboxylic acids is 1. The summed E-state index contributed by atoms with van der Waals surface area (Å²) in [7, 11) is 0. The molecule has 4 rings (SSSR count). The predicted octanol–water partition coefficient (Wildman–Crippen LogP) is 3.33. The number of nitrogens with zero attached hydrogens (tertiary/aromatic N) is 4. The molecular weight excluding hydrogens is 367 g/mol. The number of halogens is 2. The molecule has 1 amide bonds. The van der Waals surface area contributed by atoms with Crippen LogP contribution in [0.5, 0.6) is 0 Å². The lowest BCUT2D eigenvalue weighted by Gasteiger charge is -2.20. The summed E-state index contributed by atoms with van der Waals surface area (Å²) < 4.78 is 20.6. The minimum absolute atomic E-state index is 0.192. The van der Waals surface area contributed by atoms with Crippen LogP contribution in [0.2, 0.25) is 0 Å². The van der Waals surface area contributed by atoms with E-state index in [0.717, 1.165) is 10.0 Å². The van der Waals surface area contributed by atoms with Gasteiger partial charge in [0, 0.05) is 6.20 Å². The van der Waals surface area contributed by atoms with Gasteiger partial charge >= 0.3 is 6.09 Å². The highest BCUT2D eigenvalue weighted by molar-refractivity contribution is 9.10. The summed E-state index contributed by atoms with van der Waals surface area (Å²) in [6.07, 6.45) is 2.87. The van der Waals surface area contributed by atoms with Crippen molar-refractivity contribution in [1.82, 2.24) is 14.6 Å². The first kappa shape index (κ1) is 14.1. The summed E-state index contributed by atoms with van der Waals surface area (Å²) in [5, 5.41) is 4.12. The molecule has 0 N–H and O–H groups in total. The van der Waals surface area contributed by atoms with Gasteiger partial charge in [-0.15, -0.1) is 0 Å². The third-order valence-electron chi connectivity index (χ3n) is 3.69. The SMILES string of the molecule is O=C1OCC(c2ccc(F)cc2)N1c1ccn2ncc(Br)c2n1. The molecule has 0 aliphatic carbocycles. The van der Waals surface area contributed by atoms with E-state index in [-0.39, 0.29) is 18.5 Å². The second kappa shape index (κ2) is 5.31. The molecule has 8 heteroatoms. The van der Waals surface area contributed by atoms with Gasteiger partial charge in [-0.2, -0.15) is 5.10 Å². The van der Waals surface area contributed by atoms with E-state index in [4.69, 9.17) is 4.74 Å². The largest absolute Gasteiger partial charge is 0.447 e. The number of carbonyl (C=O) groups is 1. The van der Waals surface area contributed by atoms with Gasteiger partial charge in [0.2, 0.25) is 0 Å². The Kier molecular flexibility index (Phi) is 3.26. The molecule has 1 aromatic carbocycles. The molecule has 1 atom stereocenters. The fourth-order valence-corrected chi connectivity index (χ4v) is 2.93. The highest BCUT2D eigenvalue weighted by Gasteiger charge is 2.36. The Balaban J connectivity index is 1.78. The number of amides is 1. The number of ether oxygens (including phenoxy) is 1. The van der Waals surface area contributed by atoms with Crippen LogP contribution in [0.15, 0.2) is 47.2 Å². The van der Waals surface area contributed by atoms with E-state index < -0.39 is 6.09 Å². The van der Waals surface area contributed by atoms with Crippen molar-refractivity contribution in [3.8, 4) is 0 Å². The molecule has 1 unspecified atom stereocenters. The third-order valence-corrected chi connectivity index (χ3v) is 4.25. The van der Waals surface area contributed by atoms with Crippen molar-refractivity contribution < 1.29 is 13.9 Å². The normalized spacial score (nSPS) is 17.7. The van der Waals surface area contributed by atoms with E-state index in [0.29, 0.717) is 11.5 Å². The van der Waals surface area contributed by atoms with Crippen molar-refractivity contribution in [3.63, 3.8) is 0 Å². The van der Waals surface area contributed by atoms with E-state index in [9.17, 15) is 9.18 Å². The number of benzene rings is 1. The Morgan fingerprint density at radius 3 is 2.83 bits per heavy atom. The smallest absolute Gasteiger partial charge is 0.416 e. The van der Waals surface area contributed by atoms with Gasteiger partial charge < -0.3 is 4.74 Å². The van der Waals surface area contributed by atoms with Gasteiger partial charge in [-0.1, -0.05) is 12.1 Å². The first-order valence-electron chi connectivity index (χ1n) is 6.85. The maximum Gasteiger partial charge on any atom is 0.416 e. The topological polar surface area (TPSA) is 59.7 Å².